The average Bonchev–Trinajstić information content (AvgIpc) is 3.96. The van der Waals surface area contributed by atoms with Crippen molar-refractivity contribution in [2.45, 2.75) is 12.8 Å². The van der Waals surface area contributed by atoms with Gasteiger partial charge in [0.25, 0.3) is 0 Å². The van der Waals surface area contributed by atoms with Crippen LogP contribution in [0, 0.1) is 0 Å². The highest BCUT2D eigenvalue weighted by Crippen LogP contribution is 2.47. The van der Waals surface area contributed by atoms with Gasteiger partial charge in [-0.15, -0.1) is 11.3 Å². The summed E-state index contributed by atoms with van der Waals surface area (Å²) in [4.78, 5) is 2.45. The molecule has 0 fully saturated rings. The Morgan fingerprint density at radius 1 is 0.448 bits per heavy atom. The van der Waals surface area contributed by atoms with Gasteiger partial charge in [0.05, 0.1) is 16.7 Å². The van der Waals surface area contributed by atoms with Crippen LogP contribution in [-0.4, -0.2) is 4.57 Å². The van der Waals surface area contributed by atoms with Crippen LogP contribution in [0.1, 0.15) is 24.0 Å². The molecule has 1 aliphatic rings. The van der Waals surface area contributed by atoms with E-state index in [-0.39, 0.29) is 0 Å². The van der Waals surface area contributed by atoms with E-state index in [1.165, 1.54) is 58.7 Å². The average molecular weight is 761 g/mol. The molecule has 0 aliphatic heterocycles. The van der Waals surface area contributed by atoms with E-state index in [1.54, 1.807) is 0 Å². The van der Waals surface area contributed by atoms with Crippen LogP contribution in [-0.2, 0) is 0 Å². The molecule has 0 bridgehead atoms. The molecule has 0 radical (unpaired) electrons. The van der Waals surface area contributed by atoms with Crippen LogP contribution in [0.25, 0.3) is 80.8 Å². The monoisotopic (exact) mass is 760 g/mol. The van der Waals surface area contributed by atoms with Crippen molar-refractivity contribution in [3.05, 3.63) is 205 Å². The molecule has 0 atom stereocenters. The number of anilines is 3. The molecule has 3 aromatic heterocycles. The molecule has 0 N–H and O–H groups in total. The molecular weight excluding hydrogens is 725 g/mol. The molecule has 11 aromatic rings. The smallest absolute Gasteiger partial charge is 0.135 e. The van der Waals surface area contributed by atoms with Crippen molar-refractivity contribution in [2.24, 2.45) is 0 Å². The number of benzene rings is 8. The van der Waals surface area contributed by atoms with E-state index in [0.29, 0.717) is 0 Å². The van der Waals surface area contributed by atoms with Gasteiger partial charge in [-0.05, 0) is 120 Å². The van der Waals surface area contributed by atoms with Gasteiger partial charge in [0.15, 0.2) is 0 Å². The first-order chi connectivity index (χ1) is 28.7. The van der Waals surface area contributed by atoms with Crippen LogP contribution in [0.4, 0.5) is 17.1 Å². The Hall–Kier alpha value is -7.14. The first-order valence-corrected chi connectivity index (χ1v) is 20.8. The van der Waals surface area contributed by atoms with Crippen molar-refractivity contribution < 1.29 is 4.42 Å². The third-order valence-electron chi connectivity index (χ3n) is 11.9. The Morgan fingerprint density at radius 2 is 1.17 bits per heavy atom. The van der Waals surface area contributed by atoms with Crippen LogP contribution in [0.15, 0.2) is 199 Å². The zero-order chi connectivity index (χ0) is 38.2. The molecule has 58 heavy (non-hydrogen) atoms. The predicted octanol–water partition coefficient (Wildman–Crippen LogP) is 15.8. The summed E-state index contributed by atoms with van der Waals surface area (Å²) in [7, 11) is 0. The number of hydrogen-bond donors (Lipinski definition) is 0. The highest BCUT2D eigenvalue weighted by molar-refractivity contribution is 7.25. The lowest BCUT2D eigenvalue weighted by Gasteiger charge is -2.26. The molecule has 12 rings (SSSR count). The quantitative estimate of drug-likeness (QED) is 0.168. The van der Waals surface area contributed by atoms with Gasteiger partial charge in [0.1, 0.15) is 11.2 Å². The van der Waals surface area contributed by atoms with E-state index in [4.69, 9.17) is 4.42 Å². The molecule has 1 aliphatic carbocycles. The Morgan fingerprint density at radius 3 is 2.02 bits per heavy atom. The van der Waals surface area contributed by atoms with Crippen molar-refractivity contribution >= 4 is 103 Å². The first-order valence-electron chi connectivity index (χ1n) is 20.0. The van der Waals surface area contributed by atoms with E-state index in [9.17, 15) is 0 Å². The molecule has 0 saturated carbocycles. The number of aromatic nitrogens is 1. The van der Waals surface area contributed by atoms with Crippen molar-refractivity contribution in [1.29, 1.82) is 0 Å². The summed E-state index contributed by atoms with van der Waals surface area (Å²) in [5.74, 6) is 0. The van der Waals surface area contributed by atoms with Gasteiger partial charge in [0, 0.05) is 58.8 Å². The van der Waals surface area contributed by atoms with Gasteiger partial charge < -0.3 is 13.9 Å². The molecule has 3 nitrogen and oxygen atoms in total. The number of hydrogen-bond acceptors (Lipinski definition) is 3. The Labute approximate surface area is 339 Å². The molecule has 3 heterocycles. The molecule has 274 valence electrons. The van der Waals surface area contributed by atoms with Crippen LogP contribution < -0.4 is 4.90 Å². The first kappa shape index (κ1) is 33.0. The standard InChI is InChI=1S/C54H36N2OS/c1-3-12-35(13-4-1)36-22-24-37(25-23-36)38-26-29-47-46(32-38)54-48(18-11-19-49(54)56(47)41-27-30-51-44(33-41)42-16-7-9-20-50(42)57-51)55(39-14-5-2-6-15-39)40-28-31-53-45(34-40)43-17-8-10-21-52(43)58-53/h1-22,24,26-34H,23,25H2. The fraction of sp³-hybridized carbons (Fsp3) is 0.0370. The van der Waals surface area contributed by atoms with Crippen molar-refractivity contribution in [3.63, 3.8) is 0 Å². The zero-order valence-electron chi connectivity index (χ0n) is 31.6. The number of rotatable bonds is 6. The van der Waals surface area contributed by atoms with Gasteiger partial charge in [-0.25, -0.2) is 0 Å². The highest BCUT2D eigenvalue weighted by Gasteiger charge is 2.23. The van der Waals surface area contributed by atoms with Gasteiger partial charge in [-0.1, -0.05) is 109 Å². The number of allylic oxidation sites excluding steroid dienone is 4. The van der Waals surface area contributed by atoms with Crippen LogP contribution >= 0.6 is 11.3 Å². The van der Waals surface area contributed by atoms with Gasteiger partial charge in [0.2, 0.25) is 0 Å². The second-order valence-electron chi connectivity index (χ2n) is 15.2. The lowest BCUT2D eigenvalue weighted by molar-refractivity contribution is 0.669. The summed E-state index contributed by atoms with van der Waals surface area (Å²) in [5, 5.41) is 7.26. The third kappa shape index (κ3) is 5.26. The summed E-state index contributed by atoms with van der Waals surface area (Å²) < 4.78 is 11.3. The van der Waals surface area contributed by atoms with E-state index in [2.05, 4.69) is 198 Å². The number of nitrogens with zero attached hydrogens (tertiary/aromatic N) is 2. The molecule has 4 heteroatoms. The van der Waals surface area contributed by atoms with Gasteiger partial charge in [-0.3, -0.25) is 0 Å². The number of thiophene rings is 1. The maximum atomic E-state index is 6.29. The molecule has 0 spiro atoms. The number of fused-ring (bicyclic) bond motifs is 9. The summed E-state index contributed by atoms with van der Waals surface area (Å²) >= 11 is 1.86. The van der Waals surface area contributed by atoms with Crippen LogP contribution in [0.2, 0.25) is 0 Å². The highest BCUT2D eigenvalue weighted by atomic mass is 32.1. The van der Waals surface area contributed by atoms with Gasteiger partial charge >= 0.3 is 0 Å². The number of para-hydroxylation sites is 2. The maximum Gasteiger partial charge on any atom is 0.135 e. The summed E-state index contributed by atoms with van der Waals surface area (Å²) in [5.41, 5.74) is 13.9. The van der Waals surface area contributed by atoms with E-state index in [1.807, 2.05) is 17.4 Å². The lowest BCUT2D eigenvalue weighted by Crippen LogP contribution is -2.10. The minimum atomic E-state index is 0.896. The van der Waals surface area contributed by atoms with Gasteiger partial charge in [-0.2, -0.15) is 0 Å². The van der Waals surface area contributed by atoms with E-state index < -0.39 is 0 Å². The summed E-state index contributed by atoms with van der Waals surface area (Å²) in [6.45, 7) is 0. The Kier molecular flexibility index (Phi) is 7.54. The summed E-state index contributed by atoms with van der Waals surface area (Å²) in [6.07, 6.45) is 6.66. The van der Waals surface area contributed by atoms with Crippen LogP contribution in [0.5, 0.6) is 0 Å². The molecular formula is C54H36N2OS. The van der Waals surface area contributed by atoms with E-state index >= 15 is 0 Å². The minimum absolute atomic E-state index is 0.896. The Bertz CT molecular complexity index is 3460. The topological polar surface area (TPSA) is 21.3 Å². The zero-order valence-corrected chi connectivity index (χ0v) is 32.4. The SMILES string of the molecule is C1=C(c2ccccc2)CCC(c2ccc3c(c2)c2c(N(c4ccccc4)c4ccc5sc6ccccc6c5c4)cccc2n3-c2ccc3oc4ccccc4c3c2)=C1. The normalized spacial score (nSPS) is 13.2. The molecule has 8 aromatic carbocycles. The molecule has 0 amide bonds. The second-order valence-corrected chi connectivity index (χ2v) is 16.3. The fourth-order valence-corrected chi connectivity index (χ4v) is 10.3. The van der Waals surface area contributed by atoms with Crippen molar-refractivity contribution in [3.8, 4) is 5.69 Å². The Balaban J connectivity index is 1.12. The van der Waals surface area contributed by atoms with E-state index in [0.717, 1.165) is 63.0 Å². The molecule has 0 unspecified atom stereocenters. The molecule has 0 saturated heterocycles. The maximum absolute atomic E-state index is 6.29. The number of furan rings is 1. The largest absolute Gasteiger partial charge is 0.456 e. The van der Waals surface area contributed by atoms with Crippen LogP contribution in [0.3, 0.4) is 0 Å². The fourth-order valence-electron chi connectivity index (χ4n) is 9.20. The summed E-state index contributed by atoms with van der Waals surface area (Å²) in [6, 6.07) is 66.2. The predicted molar refractivity (Wildman–Crippen MR) is 247 cm³/mol. The van der Waals surface area contributed by atoms with Crippen molar-refractivity contribution in [1.82, 2.24) is 4.57 Å². The lowest BCUT2D eigenvalue weighted by atomic mass is 9.89. The third-order valence-corrected chi connectivity index (χ3v) is 13.1. The van der Waals surface area contributed by atoms with Crippen molar-refractivity contribution in [2.75, 3.05) is 4.90 Å². The minimum Gasteiger partial charge on any atom is -0.456 e. The second kappa shape index (κ2) is 13.2.